The molecule has 0 radical (unpaired) electrons. The summed E-state index contributed by atoms with van der Waals surface area (Å²) in [6.45, 7) is 4.85. The van der Waals surface area contributed by atoms with Gasteiger partial charge in [-0.3, -0.25) is 9.59 Å². The number of hydrogen-bond acceptors (Lipinski definition) is 4. The van der Waals surface area contributed by atoms with Crippen molar-refractivity contribution in [3.63, 3.8) is 0 Å². The minimum absolute atomic E-state index is 0.0397. The molecule has 1 aromatic heterocycles. The first kappa shape index (κ1) is 21.1. The minimum Gasteiger partial charge on any atom is -0.356 e. The van der Waals surface area contributed by atoms with Gasteiger partial charge >= 0.3 is 0 Å². The van der Waals surface area contributed by atoms with Crippen molar-refractivity contribution in [2.24, 2.45) is 0 Å². The van der Waals surface area contributed by atoms with Crippen LogP contribution in [0.15, 0.2) is 35.4 Å². The molecular formula is C20H26N4O4S. The number of likely N-dealkylation sites (tertiary alicyclic amines) is 1. The van der Waals surface area contributed by atoms with Gasteiger partial charge in [0.05, 0.1) is 6.54 Å². The lowest BCUT2D eigenvalue weighted by atomic mass is 10.1. The molecule has 0 atom stereocenters. The Balaban J connectivity index is 1.68. The van der Waals surface area contributed by atoms with Gasteiger partial charge in [-0.1, -0.05) is 12.1 Å². The minimum atomic E-state index is -3.91. The topological polar surface area (TPSA) is 103 Å². The average molecular weight is 419 g/mol. The van der Waals surface area contributed by atoms with Gasteiger partial charge < -0.3 is 15.2 Å². The predicted molar refractivity (Wildman–Crippen MR) is 110 cm³/mol. The molecule has 8 nitrogen and oxygen atoms in total. The quantitative estimate of drug-likeness (QED) is 0.750. The van der Waals surface area contributed by atoms with Crippen LogP contribution in [0, 0.1) is 13.8 Å². The summed E-state index contributed by atoms with van der Waals surface area (Å²) >= 11 is 0. The fourth-order valence-corrected chi connectivity index (χ4v) is 4.40. The summed E-state index contributed by atoms with van der Waals surface area (Å²) in [4.78, 5) is 29.2. The fourth-order valence-electron chi connectivity index (χ4n) is 3.28. The lowest BCUT2D eigenvalue weighted by Gasteiger charge is -2.17. The zero-order chi connectivity index (χ0) is 21.2. The second-order valence-corrected chi connectivity index (χ2v) is 9.35. The third-order valence-electron chi connectivity index (χ3n) is 5.23. The number of aromatic amines is 1. The molecule has 0 spiro atoms. The van der Waals surface area contributed by atoms with Crippen LogP contribution < -0.4 is 5.32 Å². The number of anilines is 1. The molecular weight excluding hydrogens is 392 g/mol. The molecule has 2 aromatic rings. The molecule has 2 heterocycles. The van der Waals surface area contributed by atoms with Crippen molar-refractivity contribution in [3.05, 3.63) is 47.3 Å². The number of rotatable bonds is 6. The van der Waals surface area contributed by atoms with E-state index in [1.54, 1.807) is 11.0 Å². The Kier molecular flexibility index (Phi) is 6.09. The van der Waals surface area contributed by atoms with Gasteiger partial charge in [0.15, 0.2) is 0 Å². The van der Waals surface area contributed by atoms with Crippen molar-refractivity contribution < 1.29 is 18.0 Å². The summed E-state index contributed by atoms with van der Waals surface area (Å²) in [5.74, 6) is -0.645. The first-order chi connectivity index (χ1) is 13.7. The van der Waals surface area contributed by atoms with Gasteiger partial charge in [-0.2, -0.15) is 4.31 Å². The maximum Gasteiger partial charge on any atom is 0.270 e. The number of nitrogens with zero attached hydrogens (tertiary/aromatic N) is 2. The largest absolute Gasteiger partial charge is 0.356 e. The summed E-state index contributed by atoms with van der Waals surface area (Å²) in [7, 11) is -2.57. The highest BCUT2D eigenvalue weighted by molar-refractivity contribution is 7.89. The summed E-state index contributed by atoms with van der Waals surface area (Å²) in [6.07, 6.45) is 3.20. The fraction of sp³-hybridized carbons (Fsp3) is 0.400. The van der Waals surface area contributed by atoms with Gasteiger partial charge in [0, 0.05) is 32.0 Å². The van der Waals surface area contributed by atoms with Crippen LogP contribution in [0.5, 0.6) is 0 Å². The number of aromatic nitrogens is 1. The highest BCUT2D eigenvalue weighted by Gasteiger charge is 2.27. The van der Waals surface area contributed by atoms with Gasteiger partial charge in [-0.25, -0.2) is 8.42 Å². The molecule has 29 heavy (non-hydrogen) atoms. The molecule has 0 saturated carbocycles. The Hall–Kier alpha value is -2.65. The number of aryl methyl sites for hydroxylation is 1. The highest BCUT2D eigenvalue weighted by Crippen LogP contribution is 2.20. The van der Waals surface area contributed by atoms with Crippen molar-refractivity contribution in [1.82, 2.24) is 14.2 Å². The van der Waals surface area contributed by atoms with E-state index in [-0.39, 0.29) is 23.0 Å². The first-order valence-electron chi connectivity index (χ1n) is 9.50. The van der Waals surface area contributed by atoms with Crippen molar-refractivity contribution in [2.45, 2.75) is 31.6 Å². The van der Waals surface area contributed by atoms with E-state index in [2.05, 4.69) is 10.3 Å². The van der Waals surface area contributed by atoms with Crippen LogP contribution in [0.25, 0.3) is 0 Å². The van der Waals surface area contributed by atoms with Crippen LogP contribution in [-0.4, -0.2) is 61.1 Å². The second-order valence-electron chi connectivity index (χ2n) is 7.31. The summed E-state index contributed by atoms with van der Waals surface area (Å²) < 4.78 is 26.6. The lowest BCUT2D eigenvalue weighted by molar-refractivity contribution is -0.116. The zero-order valence-electron chi connectivity index (χ0n) is 16.9. The van der Waals surface area contributed by atoms with Crippen LogP contribution in [0.3, 0.4) is 0 Å². The van der Waals surface area contributed by atoms with Crippen LogP contribution >= 0.6 is 0 Å². The lowest BCUT2D eigenvalue weighted by Crippen LogP contribution is -2.35. The van der Waals surface area contributed by atoms with Crippen molar-refractivity contribution in [3.8, 4) is 0 Å². The molecule has 1 fully saturated rings. The second kappa shape index (κ2) is 8.38. The number of benzene rings is 1. The number of amides is 2. The smallest absolute Gasteiger partial charge is 0.270 e. The third kappa shape index (κ3) is 4.51. The van der Waals surface area contributed by atoms with E-state index in [0.717, 1.165) is 28.3 Å². The van der Waals surface area contributed by atoms with E-state index in [1.165, 1.54) is 19.3 Å². The van der Waals surface area contributed by atoms with E-state index >= 15 is 0 Å². The number of sulfonamides is 1. The summed E-state index contributed by atoms with van der Waals surface area (Å²) in [5, 5.41) is 2.75. The summed E-state index contributed by atoms with van der Waals surface area (Å²) in [5.41, 5.74) is 2.85. The maximum absolute atomic E-state index is 12.8. The molecule has 1 aromatic carbocycles. The van der Waals surface area contributed by atoms with Crippen molar-refractivity contribution >= 4 is 27.5 Å². The predicted octanol–water partition coefficient (Wildman–Crippen LogP) is 2.13. The molecule has 156 valence electrons. The van der Waals surface area contributed by atoms with Crippen molar-refractivity contribution in [1.29, 1.82) is 0 Å². The average Bonchev–Trinajstić information content (AvgIpc) is 3.36. The van der Waals surface area contributed by atoms with Gasteiger partial charge in [0.25, 0.3) is 5.91 Å². The van der Waals surface area contributed by atoms with Crippen molar-refractivity contribution in [2.75, 3.05) is 32.0 Å². The molecule has 3 rings (SSSR count). The number of carbonyl (C=O) groups is 2. The van der Waals surface area contributed by atoms with Gasteiger partial charge in [-0.05, 0) is 49.9 Å². The molecule has 2 amide bonds. The highest BCUT2D eigenvalue weighted by atomic mass is 32.2. The molecule has 0 bridgehead atoms. The normalized spacial score (nSPS) is 14.4. The van der Waals surface area contributed by atoms with E-state index in [1.807, 2.05) is 26.0 Å². The zero-order valence-corrected chi connectivity index (χ0v) is 17.7. The van der Waals surface area contributed by atoms with E-state index in [4.69, 9.17) is 0 Å². The van der Waals surface area contributed by atoms with Crippen LogP contribution in [-0.2, 0) is 14.8 Å². The van der Waals surface area contributed by atoms with Gasteiger partial charge in [-0.15, -0.1) is 0 Å². The van der Waals surface area contributed by atoms with E-state index < -0.39 is 15.9 Å². The van der Waals surface area contributed by atoms with E-state index in [0.29, 0.717) is 18.8 Å². The van der Waals surface area contributed by atoms with E-state index in [9.17, 15) is 18.0 Å². The molecule has 1 aliphatic rings. The molecule has 1 saturated heterocycles. The van der Waals surface area contributed by atoms with Crippen LogP contribution in [0.1, 0.15) is 34.5 Å². The monoisotopic (exact) mass is 418 g/mol. The Morgan fingerprint density at radius 3 is 2.59 bits per heavy atom. The molecule has 9 heteroatoms. The van der Waals surface area contributed by atoms with Crippen LogP contribution in [0.2, 0.25) is 0 Å². The van der Waals surface area contributed by atoms with Gasteiger partial charge in [0.2, 0.25) is 15.9 Å². The summed E-state index contributed by atoms with van der Waals surface area (Å²) in [6, 6.07) is 6.87. The number of likely N-dealkylation sites (N-methyl/N-ethyl adjacent to an activating group) is 1. The number of nitrogens with one attached hydrogen (secondary N) is 2. The Morgan fingerprint density at radius 1 is 1.21 bits per heavy atom. The SMILES string of the molecule is Cc1cccc(NC(=O)CN(C)S(=O)(=O)c2c[nH]c(C(=O)N3CCCC3)c2)c1C. The van der Waals surface area contributed by atoms with Gasteiger partial charge in [0.1, 0.15) is 10.6 Å². The Labute approximate surface area is 170 Å². The maximum atomic E-state index is 12.8. The molecule has 0 unspecified atom stereocenters. The molecule has 1 aliphatic heterocycles. The first-order valence-corrected chi connectivity index (χ1v) is 10.9. The number of carbonyl (C=O) groups excluding carboxylic acids is 2. The third-order valence-corrected chi connectivity index (χ3v) is 7.01. The van der Waals surface area contributed by atoms with Crippen LogP contribution in [0.4, 0.5) is 5.69 Å². The standard InChI is InChI=1S/C20H26N4O4S/c1-14-7-6-8-17(15(14)2)22-19(25)13-23(3)29(27,28)16-11-18(21-12-16)20(26)24-9-4-5-10-24/h6-8,11-12,21H,4-5,9-10,13H2,1-3H3,(H,22,25). The number of H-pyrrole nitrogens is 1. The Bertz CT molecular complexity index is 1020. The number of hydrogen-bond donors (Lipinski definition) is 2. The Morgan fingerprint density at radius 2 is 1.90 bits per heavy atom. The molecule has 2 N–H and O–H groups in total. The molecule has 0 aliphatic carbocycles.